The monoisotopic (exact) mass is 345 g/mol. The highest BCUT2D eigenvalue weighted by Crippen LogP contribution is 2.30. The van der Waals surface area contributed by atoms with Gasteiger partial charge in [-0.1, -0.05) is 51.8 Å². The second-order valence-electron chi connectivity index (χ2n) is 5.90. The number of nitrogens with one attached hydrogen (secondary N) is 1. The molecule has 0 saturated carbocycles. The second kappa shape index (κ2) is 6.76. The minimum Gasteiger partial charge on any atom is -0.313 e. The van der Waals surface area contributed by atoms with Crippen molar-refractivity contribution in [3.8, 4) is 0 Å². The van der Waals surface area contributed by atoms with Crippen LogP contribution < -0.4 is 5.32 Å². The van der Waals surface area contributed by atoms with Crippen LogP contribution in [0.5, 0.6) is 0 Å². The Kier molecular flexibility index (Phi) is 5.23. The zero-order chi connectivity index (χ0) is 15.6. The van der Waals surface area contributed by atoms with Gasteiger partial charge in [0.15, 0.2) is 0 Å². The normalized spacial score (nSPS) is 12.5. The molecule has 2 rings (SSSR count). The molecule has 0 radical (unpaired) electrons. The van der Waals surface area contributed by atoms with Gasteiger partial charge >= 0.3 is 0 Å². The lowest BCUT2D eigenvalue weighted by Gasteiger charge is -2.22. The number of hydrogen-bond donors (Lipinski definition) is 1. The van der Waals surface area contributed by atoms with E-state index in [0.29, 0.717) is 6.04 Å². The van der Waals surface area contributed by atoms with E-state index in [1.807, 2.05) is 7.05 Å². The first kappa shape index (κ1) is 16.3. The molecular formula is C19H24BrN. The van der Waals surface area contributed by atoms with E-state index in [1.54, 1.807) is 0 Å². The van der Waals surface area contributed by atoms with Crippen LogP contribution in [0.2, 0.25) is 0 Å². The van der Waals surface area contributed by atoms with Crippen molar-refractivity contribution in [2.45, 2.75) is 40.2 Å². The fourth-order valence-corrected chi connectivity index (χ4v) is 3.58. The Labute approximate surface area is 136 Å². The molecule has 112 valence electrons. The van der Waals surface area contributed by atoms with Crippen LogP contribution in [-0.4, -0.2) is 7.05 Å². The van der Waals surface area contributed by atoms with Gasteiger partial charge in [0.2, 0.25) is 0 Å². The minimum absolute atomic E-state index is 0.319. The lowest BCUT2D eigenvalue weighted by molar-refractivity contribution is 0.586. The van der Waals surface area contributed by atoms with Gasteiger partial charge in [-0.05, 0) is 69.0 Å². The van der Waals surface area contributed by atoms with Crippen LogP contribution in [0.25, 0.3) is 0 Å². The summed E-state index contributed by atoms with van der Waals surface area (Å²) in [5, 5.41) is 3.47. The Hall–Kier alpha value is -1.12. The van der Waals surface area contributed by atoms with Gasteiger partial charge in [0.1, 0.15) is 0 Å². The Morgan fingerprint density at radius 3 is 2.19 bits per heavy atom. The highest BCUT2D eigenvalue weighted by molar-refractivity contribution is 9.10. The molecule has 1 nitrogen and oxygen atoms in total. The molecule has 0 bridgehead atoms. The van der Waals surface area contributed by atoms with Gasteiger partial charge < -0.3 is 5.32 Å². The summed E-state index contributed by atoms with van der Waals surface area (Å²) in [4.78, 5) is 0. The molecule has 0 aromatic heterocycles. The average molecular weight is 346 g/mol. The Bertz CT molecular complexity index is 623. The van der Waals surface area contributed by atoms with Gasteiger partial charge in [0.25, 0.3) is 0 Å². The number of halogens is 1. The van der Waals surface area contributed by atoms with Crippen molar-refractivity contribution in [3.63, 3.8) is 0 Å². The van der Waals surface area contributed by atoms with E-state index < -0.39 is 0 Å². The maximum absolute atomic E-state index is 3.74. The quantitative estimate of drug-likeness (QED) is 0.804. The molecule has 0 spiro atoms. The van der Waals surface area contributed by atoms with Crippen molar-refractivity contribution in [3.05, 3.63) is 68.2 Å². The molecule has 2 aromatic rings. The number of likely N-dealkylation sites (N-methyl/N-ethyl adjacent to an activating group) is 1. The van der Waals surface area contributed by atoms with Crippen LogP contribution in [-0.2, 0) is 6.42 Å². The molecule has 0 aliphatic heterocycles. The van der Waals surface area contributed by atoms with Crippen molar-refractivity contribution in [1.82, 2.24) is 5.32 Å². The fourth-order valence-electron chi connectivity index (χ4n) is 3.04. The van der Waals surface area contributed by atoms with Crippen LogP contribution in [0.1, 0.15) is 39.4 Å². The van der Waals surface area contributed by atoms with Crippen LogP contribution in [0, 0.1) is 27.7 Å². The molecule has 2 aromatic carbocycles. The summed E-state index contributed by atoms with van der Waals surface area (Å²) in [7, 11) is 2.04. The molecule has 1 atom stereocenters. The zero-order valence-corrected chi connectivity index (χ0v) is 15.1. The first-order valence-corrected chi connectivity index (χ1v) is 8.22. The third-order valence-electron chi connectivity index (χ3n) is 4.19. The van der Waals surface area contributed by atoms with E-state index in [0.717, 1.165) is 6.42 Å². The smallest absolute Gasteiger partial charge is 0.0369 e. The Morgan fingerprint density at radius 1 is 1.00 bits per heavy atom. The highest BCUT2D eigenvalue weighted by Gasteiger charge is 2.16. The summed E-state index contributed by atoms with van der Waals surface area (Å²) in [6.45, 7) is 8.74. The molecule has 2 heteroatoms. The average Bonchev–Trinajstić information content (AvgIpc) is 2.42. The van der Waals surface area contributed by atoms with Crippen molar-refractivity contribution < 1.29 is 0 Å². The van der Waals surface area contributed by atoms with E-state index in [1.165, 1.54) is 37.9 Å². The number of aryl methyl sites for hydroxylation is 4. The van der Waals surface area contributed by atoms with Crippen LogP contribution >= 0.6 is 15.9 Å². The molecule has 0 aliphatic carbocycles. The zero-order valence-electron chi connectivity index (χ0n) is 13.5. The van der Waals surface area contributed by atoms with E-state index in [9.17, 15) is 0 Å². The predicted octanol–water partition coefficient (Wildman–Crippen LogP) is 5.19. The third-order valence-corrected chi connectivity index (χ3v) is 5.28. The lowest BCUT2D eigenvalue weighted by atomic mass is 9.91. The standard InChI is InChI=1S/C19H24BrN/c1-12-9-14(3)17(15(4)10-12)11-18(21-5)16-8-6-7-13(2)19(16)20/h6-10,18,21H,11H2,1-5H3. The van der Waals surface area contributed by atoms with Crippen molar-refractivity contribution in [1.29, 1.82) is 0 Å². The Balaban J connectivity index is 2.38. The number of hydrogen-bond acceptors (Lipinski definition) is 1. The Morgan fingerprint density at radius 2 is 1.62 bits per heavy atom. The van der Waals surface area contributed by atoms with Crippen LogP contribution in [0.4, 0.5) is 0 Å². The molecule has 0 amide bonds. The number of benzene rings is 2. The van der Waals surface area contributed by atoms with Crippen molar-refractivity contribution >= 4 is 15.9 Å². The summed E-state index contributed by atoms with van der Waals surface area (Å²) >= 11 is 3.74. The van der Waals surface area contributed by atoms with E-state index >= 15 is 0 Å². The minimum atomic E-state index is 0.319. The lowest BCUT2D eigenvalue weighted by Crippen LogP contribution is -2.20. The molecule has 1 N–H and O–H groups in total. The molecule has 0 saturated heterocycles. The van der Waals surface area contributed by atoms with Crippen molar-refractivity contribution in [2.75, 3.05) is 7.05 Å². The van der Waals surface area contributed by atoms with Crippen LogP contribution in [0.3, 0.4) is 0 Å². The first-order valence-electron chi connectivity index (χ1n) is 7.43. The molecule has 0 heterocycles. The van der Waals surface area contributed by atoms with E-state index in [4.69, 9.17) is 0 Å². The van der Waals surface area contributed by atoms with Crippen LogP contribution in [0.15, 0.2) is 34.8 Å². The van der Waals surface area contributed by atoms with Gasteiger partial charge in [0, 0.05) is 10.5 Å². The summed E-state index contributed by atoms with van der Waals surface area (Å²) in [5.41, 5.74) is 8.18. The SMILES string of the molecule is CNC(Cc1c(C)cc(C)cc1C)c1cccc(C)c1Br. The topological polar surface area (TPSA) is 12.0 Å². The fraction of sp³-hybridized carbons (Fsp3) is 0.368. The van der Waals surface area contributed by atoms with E-state index in [-0.39, 0.29) is 0 Å². The van der Waals surface area contributed by atoms with Gasteiger partial charge in [0.05, 0.1) is 0 Å². The van der Waals surface area contributed by atoms with E-state index in [2.05, 4.69) is 79.3 Å². The van der Waals surface area contributed by atoms with Gasteiger partial charge in [-0.15, -0.1) is 0 Å². The second-order valence-corrected chi connectivity index (χ2v) is 6.69. The van der Waals surface area contributed by atoms with Gasteiger partial charge in [-0.25, -0.2) is 0 Å². The summed E-state index contributed by atoms with van der Waals surface area (Å²) in [6.07, 6.45) is 1.01. The maximum atomic E-state index is 3.74. The van der Waals surface area contributed by atoms with Crippen molar-refractivity contribution in [2.24, 2.45) is 0 Å². The maximum Gasteiger partial charge on any atom is 0.0369 e. The summed E-state index contributed by atoms with van der Waals surface area (Å²) in [6, 6.07) is 11.4. The number of rotatable bonds is 4. The first-order chi connectivity index (χ1) is 9.93. The molecular weight excluding hydrogens is 322 g/mol. The molecule has 0 aliphatic rings. The predicted molar refractivity (Wildman–Crippen MR) is 95.0 cm³/mol. The summed E-state index contributed by atoms with van der Waals surface area (Å²) < 4.78 is 1.21. The largest absolute Gasteiger partial charge is 0.313 e. The molecule has 21 heavy (non-hydrogen) atoms. The highest BCUT2D eigenvalue weighted by atomic mass is 79.9. The van der Waals surface area contributed by atoms with Gasteiger partial charge in [-0.3, -0.25) is 0 Å². The summed E-state index contributed by atoms with van der Waals surface area (Å²) in [5.74, 6) is 0. The van der Waals surface area contributed by atoms with Gasteiger partial charge in [-0.2, -0.15) is 0 Å². The molecule has 0 fully saturated rings. The third kappa shape index (κ3) is 3.56. The molecule has 1 unspecified atom stereocenters.